The van der Waals surface area contributed by atoms with E-state index < -0.39 is 0 Å². The molecule has 0 bridgehead atoms. The summed E-state index contributed by atoms with van der Waals surface area (Å²) in [5.41, 5.74) is 2.53. The van der Waals surface area contributed by atoms with Gasteiger partial charge < -0.3 is 15.4 Å². The van der Waals surface area contributed by atoms with Gasteiger partial charge in [-0.3, -0.25) is 4.68 Å². The predicted octanol–water partition coefficient (Wildman–Crippen LogP) is 3.86. The Bertz CT molecular complexity index is 1040. The number of anilines is 4. The molecule has 0 saturated heterocycles. The second-order valence-electron chi connectivity index (χ2n) is 5.75. The van der Waals surface area contributed by atoms with Crippen LogP contribution in [0.25, 0.3) is 11.0 Å². The van der Waals surface area contributed by atoms with E-state index in [0.717, 1.165) is 28.2 Å². The van der Waals surface area contributed by atoms with E-state index in [1.54, 1.807) is 18.0 Å². The number of nitrogens with one attached hydrogen (secondary N) is 2. The van der Waals surface area contributed by atoms with Crippen LogP contribution in [0.2, 0.25) is 0 Å². The number of hydrogen-bond acceptors (Lipinski definition) is 6. The van der Waals surface area contributed by atoms with Crippen molar-refractivity contribution in [1.29, 1.82) is 0 Å². The van der Waals surface area contributed by atoms with E-state index in [-0.39, 0.29) is 0 Å². The largest absolute Gasteiger partial charge is 0.497 e. The molecule has 0 saturated carbocycles. The predicted molar refractivity (Wildman–Crippen MR) is 102 cm³/mol. The van der Waals surface area contributed by atoms with Gasteiger partial charge in [0.05, 0.1) is 18.7 Å². The average Bonchev–Trinajstić information content (AvgIpc) is 3.04. The van der Waals surface area contributed by atoms with Crippen LogP contribution >= 0.6 is 0 Å². The molecule has 2 aromatic heterocycles. The molecule has 0 radical (unpaired) electrons. The third-order valence-electron chi connectivity index (χ3n) is 3.95. The van der Waals surface area contributed by atoms with Crippen LogP contribution in [0.15, 0.2) is 60.8 Å². The zero-order valence-electron chi connectivity index (χ0n) is 14.5. The fourth-order valence-electron chi connectivity index (χ4n) is 2.66. The molecule has 0 unspecified atom stereocenters. The molecule has 0 atom stereocenters. The van der Waals surface area contributed by atoms with Crippen molar-refractivity contribution >= 4 is 34.2 Å². The number of ether oxygens (including phenoxy) is 1. The molecular formula is C19H18N6O. The maximum atomic E-state index is 5.26. The second-order valence-corrected chi connectivity index (χ2v) is 5.75. The number of aromatic nitrogens is 4. The van der Waals surface area contributed by atoms with Crippen LogP contribution in [0.1, 0.15) is 0 Å². The molecule has 0 aliphatic heterocycles. The highest BCUT2D eigenvalue weighted by molar-refractivity contribution is 5.89. The standard InChI is InChI=1S/C19H18N6O/c1-25-18-16(12-20-25)17(21-13-7-4-3-5-8-13)23-19(24-18)22-14-9-6-10-15(11-14)26-2/h3-12H,1-2H3,(H2,21,22,23,24). The summed E-state index contributed by atoms with van der Waals surface area (Å²) in [7, 11) is 3.50. The number of para-hydroxylation sites is 1. The van der Waals surface area contributed by atoms with E-state index in [1.807, 2.05) is 61.6 Å². The van der Waals surface area contributed by atoms with Crippen molar-refractivity contribution in [2.24, 2.45) is 7.05 Å². The summed E-state index contributed by atoms with van der Waals surface area (Å²) >= 11 is 0. The molecular weight excluding hydrogens is 328 g/mol. The molecule has 2 N–H and O–H groups in total. The van der Waals surface area contributed by atoms with Crippen molar-refractivity contribution in [3.8, 4) is 5.75 Å². The molecule has 26 heavy (non-hydrogen) atoms. The number of rotatable bonds is 5. The van der Waals surface area contributed by atoms with Gasteiger partial charge in [-0.25, -0.2) is 0 Å². The highest BCUT2D eigenvalue weighted by Gasteiger charge is 2.12. The average molecular weight is 346 g/mol. The lowest BCUT2D eigenvalue weighted by Crippen LogP contribution is -2.03. The van der Waals surface area contributed by atoms with Crippen LogP contribution in [0.4, 0.5) is 23.1 Å². The zero-order chi connectivity index (χ0) is 17.9. The van der Waals surface area contributed by atoms with Gasteiger partial charge in [-0.1, -0.05) is 24.3 Å². The Hall–Kier alpha value is -3.61. The van der Waals surface area contributed by atoms with Crippen molar-refractivity contribution in [2.45, 2.75) is 0 Å². The first-order valence-electron chi connectivity index (χ1n) is 8.16. The van der Waals surface area contributed by atoms with Crippen molar-refractivity contribution in [1.82, 2.24) is 19.7 Å². The van der Waals surface area contributed by atoms with Crippen molar-refractivity contribution in [2.75, 3.05) is 17.7 Å². The molecule has 4 rings (SSSR count). The number of hydrogen-bond donors (Lipinski definition) is 2. The molecule has 130 valence electrons. The smallest absolute Gasteiger partial charge is 0.231 e. The Morgan fingerprint density at radius 1 is 0.923 bits per heavy atom. The summed E-state index contributed by atoms with van der Waals surface area (Å²) < 4.78 is 6.99. The molecule has 2 aromatic carbocycles. The summed E-state index contributed by atoms with van der Waals surface area (Å²) in [5, 5.41) is 11.7. The number of fused-ring (bicyclic) bond motifs is 1. The summed E-state index contributed by atoms with van der Waals surface area (Å²) in [6.07, 6.45) is 1.76. The van der Waals surface area contributed by atoms with Crippen LogP contribution in [0.5, 0.6) is 5.75 Å². The Morgan fingerprint density at radius 3 is 2.54 bits per heavy atom. The van der Waals surface area contributed by atoms with E-state index in [2.05, 4.69) is 25.7 Å². The molecule has 0 aliphatic carbocycles. The Kier molecular flexibility index (Phi) is 4.10. The van der Waals surface area contributed by atoms with E-state index >= 15 is 0 Å². The topological polar surface area (TPSA) is 76.9 Å². The normalized spacial score (nSPS) is 10.7. The van der Waals surface area contributed by atoms with Gasteiger partial charge in [0.15, 0.2) is 5.65 Å². The SMILES string of the molecule is COc1cccc(Nc2nc(Nc3ccccc3)c3cnn(C)c3n2)c1. The minimum Gasteiger partial charge on any atom is -0.497 e. The van der Waals surface area contributed by atoms with Gasteiger partial charge in [-0.2, -0.15) is 15.1 Å². The van der Waals surface area contributed by atoms with E-state index in [9.17, 15) is 0 Å². The summed E-state index contributed by atoms with van der Waals surface area (Å²) in [6, 6.07) is 17.5. The summed E-state index contributed by atoms with van der Waals surface area (Å²) in [6.45, 7) is 0. The summed E-state index contributed by atoms with van der Waals surface area (Å²) in [4.78, 5) is 9.22. The van der Waals surface area contributed by atoms with Gasteiger partial charge >= 0.3 is 0 Å². The fourth-order valence-corrected chi connectivity index (χ4v) is 2.66. The first kappa shape index (κ1) is 15.9. The lowest BCUT2D eigenvalue weighted by molar-refractivity contribution is 0.415. The maximum absolute atomic E-state index is 5.26. The Morgan fingerprint density at radius 2 is 1.73 bits per heavy atom. The van der Waals surface area contributed by atoms with Gasteiger partial charge in [0, 0.05) is 24.5 Å². The molecule has 0 spiro atoms. The third-order valence-corrected chi connectivity index (χ3v) is 3.95. The van der Waals surface area contributed by atoms with Gasteiger partial charge in [0.25, 0.3) is 0 Å². The van der Waals surface area contributed by atoms with Crippen LogP contribution < -0.4 is 15.4 Å². The zero-order valence-corrected chi connectivity index (χ0v) is 14.5. The van der Waals surface area contributed by atoms with Crippen molar-refractivity contribution in [3.05, 3.63) is 60.8 Å². The molecule has 0 fully saturated rings. The molecule has 7 heteroatoms. The van der Waals surface area contributed by atoms with Gasteiger partial charge in [0.1, 0.15) is 11.6 Å². The lowest BCUT2D eigenvalue weighted by Gasteiger charge is -2.11. The number of methoxy groups -OCH3 is 1. The lowest BCUT2D eigenvalue weighted by atomic mass is 10.3. The monoisotopic (exact) mass is 346 g/mol. The number of aryl methyl sites for hydroxylation is 1. The minimum atomic E-state index is 0.479. The van der Waals surface area contributed by atoms with Crippen LogP contribution in [0.3, 0.4) is 0 Å². The van der Waals surface area contributed by atoms with Crippen molar-refractivity contribution < 1.29 is 4.74 Å². The van der Waals surface area contributed by atoms with Gasteiger partial charge in [0.2, 0.25) is 5.95 Å². The van der Waals surface area contributed by atoms with Crippen molar-refractivity contribution in [3.63, 3.8) is 0 Å². The quantitative estimate of drug-likeness (QED) is 0.571. The van der Waals surface area contributed by atoms with Crippen LogP contribution in [-0.2, 0) is 7.05 Å². The van der Waals surface area contributed by atoms with E-state index in [0.29, 0.717) is 11.8 Å². The maximum Gasteiger partial charge on any atom is 0.231 e. The molecule has 0 aliphatic rings. The minimum absolute atomic E-state index is 0.479. The highest BCUT2D eigenvalue weighted by atomic mass is 16.5. The first-order valence-corrected chi connectivity index (χ1v) is 8.16. The van der Waals surface area contributed by atoms with Crippen LogP contribution in [0, 0.1) is 0 Å². The molecule has 2 heterocycles. The fraction of sp³-hybridized carbons (Fsp3) is 0.105. The number of nitrogens with zero attached hydrogens (tertiary/aromatic N) is 4. The van der Waals surface area contributed by atoms with E-state index in [4.69, 9.17) is 4.74 Å². The third kappa shape index (κ3) is 3.14. The Labute approximate surface area is 150 Å². The molecule has 0 amide bonds. The van der Waals surface area contributed by atoms with Gasteiger partial charge in [-0.15, -0.1) is 0 Å². The van der Waals surface area contributed by atoms with Gasteiger partial charge in [-0.05, 0) is 24.3 Å². The van der Waals surface area contributed by atoms with E-state index in [1.165, 1.54) is 0 Å². The Balaban J connectivity index is 1.74. The molecule has 4 aromatic rings. The first-order chi connectivity index (χ1) is 12.7. The van der Waals surface area contributed by atoms with Crippen LogP contribution in [-0.4, -0.2) is 26.9 Å². The highest BCUT2D eigenvalue weighted by Crippen LogP contribution is 2.26. The summed E-state index contributed by atoms with van der Waals surface area (Å²) in [5.74, 6) is 1.94. The number of benzene rings is 2. The molecule has 7 nitrogen and oxygen atoms in total. The second kappa shape index (κ2) is 6.72.